The van der Waals surface area contributed by atoms with Crippen molar-refractivity contribution in [3.05, 3.63) is 36.0 Å². The Morgan fingerprint density at radius 2 is 1.87 bits per heavy atom. The molecule has 1 fully saturated rings. The van der Waals surface area contributed by atoms with Crippen LogP contribution < -0.4 is 0 Å². The normalized spacial score (nSPS) is 16.6. The Morgan fingerprint density at radius 3 is 2.48 bits per heavy atom. The number of phenols is 1. The molecular formula is C16H22N2O4S. The third-order valence-corrected chi connectivity index (χ3v) is 5.60. The van der Waals surface area contributed by atoms with Crippen LogP contribution in [0, 0.1) is 0 Å². The highest BCUT2D eigenvalue weighted by molar-refractivity contribution is 7.89. The average Bonchev–Trinajstić information content (AvgIpc) is 2.53. The first kappa shape index (κ1) is 17.5. The Balaban J connectivity index is 2.34. The molecule has 1 saturated heterocycles. The third-order valence-electron chi connectivity index (χ3n) is 3.71. The third kappa shape index (κ3) is 4.11. The topological polar surface area (TPSA) is 77.9 Å². The van der Waals surface area contributed by atoms with Crippen molar-refractivity contribution in [3.8, 4) is 5.75 Å². The van der Waals surface area contributed by atoms with Gasteiger partial charge in [-0.1, -0.05) is 6.42 Å². The van der Waals surface area contributed by atoms with Crippen LogP contribution in [0.1, 0.15) is 29.6 Å². The second kappa shape index (κ2) is 7.14. The first-order valence-electron chi connectivity index (χ1n) is 7.54. The summed E-state index contributed by atoms with van der Waals surface area (Å²) in [5.74, 6) is -0.664. The van der Waals surface area contributed by atoms with Gasteiger partial charge in [0.05, 0.1) is 10.5 Å². The minimum absolute atomic E-state index is 0.0128. The fraction of sp³-hybridized carbons (Fsp3) is 0.438. The summed E-state index contributed by atoms with van der Waals surface area (Å²) < 4.78 is 26.7. The summed E-state index contributed by atoms with van der Waals surface area (Å²) in [4.78, 5) is 13.9. The summed E-state index contributed by atoms with van der Waals surface area (Å²) in [6, 6.07) is 3.85. The van der Waals surface area contributed by atoms with E-state index in [0.29, 0.717) is 13.1 Å². The quantitative estimate of drug-likeness (QED) is 0.654. The number of hydrogen-bond acceptors (Lipinski definition) is 5. The molecule has 2 rings (SSSR count). The van der Waals surface area contributed by atoms with Crippen molar-refractivity contribution in [2.75, 3.05) is 27.2 Å². The van der Waals surface area contributed by atoms with Gasteiger partial charge < -0.3 is 10.0 Å². The molecule has 1 aromatic carbocycles. The predicted octanol–water partition coefficient (Wildman–Crippen LogP) is 1.82. The summed E-state index contributed by atoms with van der Waals surface area (Å²) in [5.41, 5.74) is -0.0128. The molecule has 0 aliphatic carbocycles. The van der Waals surface area contributed by atoms with Crippen LogP contribution in [0.4, 0.5) is 0 Å². The van der Waals surface area contributed by atoms with Crippen LogP contribution in [-0.2, 0) is 10.0 Å². The molecule has 126 valence electrons. The van der Waals surface area contributed by atoms with Crippen molar-refractivity contribution < 1.29 is 18.3 Å². The zero-order valence-corrected chi connectivity index (χ0v) is 14.2. The first-order chi connectivity index (χ1) is 10.8. The Hall–Kier alpha value is -1.86. The number of benzene rings is 1. The maximum atomic E-state index is 12.6. The van der Waals surface area contributed by atoms with E-state index in [0.717, 1.165) is 19.3 Å². The summed E-state index contributed by atoms with van der Waals surface area (Å²) in [6.45, 7) is 0.986. The van der Waals surface area contributed by atoms with Gasteiger partial charge in [-0.15, -0.1) is 0 Å². The monoisotopic (exact) mass is 338 g/mol. The summed E-state index contributed by atoms with van der Waals surface area (Å²) in [6.07, 6.45) is 5.56. The molecule has 23 heavy (non-hydrogen) atoms. The number of nitrogens with zero attached hydrogens (tertiary/aromatic N) is 2. The van der Waals surface area contributed by atoms with Crippen molar-refractivity contribution >= 4 is 15.8 Å². The van der Waals surface area contributed by atoms with E-state index in [1.165, 1.54) is 28.6 Å². The molecule has 7 heteroatoms. The minimum atomic E-state index is -3.63. The molecule has 0 unspecified atom stereocenters. The Kier molecular flexibility index (Phi) is 5.43. The highest BCUT2D eigenvalue weighted by Gasteiger charge is 2.27. The van der Waals surface area contributed by atoms with E-state index < -0.39 is 15.8 Å². The van der Waals surface area contributed by atoms with Crippen molar-refractivity contribution in [1.29, 1.82) is 0 Å². The first-order valence-corrected chi connectivity index (χ1v) is 8.98. The van der Waals surface area contributed by atoms with Crippen molar-refractivity contribution in [2.45, 2.75) is 24.2 Å². The van der Waals surface area contributed by atoms with Gasteiger partial charge in [0.1, 0.15) is 5.75 Å². The molecule has 1 N–H and O–H groups in total. The lowest BCUT2D eigenvalue weighted by atomic mass is 10.1. The molecule has 0 aromatic heterocycles. The smallest absolute Gasteiger partial charge is 0.243 e. The molecule has 0 atom stereocenters. The van der Waals surface area contributed by atoms with Gasteiger partial charge in [0.2, 0.25) is 10.0 Å². The van der Waals surface area contributed by atoms with Crippen LogP contribution in [-0.4, -0.2) is 55.7 Å². The second-order valence-corrected chi connectivity index (χ2v) is 7.73. The number of piperidine rings is 1. The standard InChI is InChI=1S/C16H22N2O4S/c1-17(2)11-8-16(20)14-12-13(6-7-15(14)19)23(21,22)18-9-4-3-5-10-18/h6-8,11-12,19H,3-5,9-10H2,1-2H3/b11-8+. The molecule has 0 bridgehead atoms. The molecule has 0 amide bonds. The highest BCUT2D eigenvalue weighted by atomic mass is 32.2. The van der Waals surface area contributed by atoms with E-state index in [1.807, 2.05) is 0 Å². The van der Waals surface area contributed by atoms with E-state index in [9.17, 15) is 18.3 Å². The lowest BCUT2D eigenvalue weighted by Crippen LogP contribution is -2.35. The van der Waals surface area contributed by atoms with Gasteiger partial charge in [-0.25, -0.2) is 8.42 Å². The van der Waals surface area contributed by atoms with Crippen LogP contribution in [0.5, 0.6) is 5.75 Å². The molecule has 1 aromatic rings. The van der Waals surface area contributed by atoms with Crippen LogP contribution in [0.15, 0.2) is 35.4 Å². The number of carbonyl (C=O) groups is 1. The molecule has 0 spiro atoms. The number of rotatable bonds is 5. The van der Waals surface area contributed by atoms with Crippen molar-refractivity contribution in [1.82, 2.24) is 9.21 Å². The van der Waals surface area contributed by atoms with Crippen LogP contribution >= 0.6 is 0 Å². The lowest BCUT2D eigenvalue weighted by Gasteiger charge is -2.26. The van der Waals surface area contributed by atoms with Crippen LogP contribution in [0.3, 0.4) is 0 Å². The van der Waals surface area contributed by atoms with Gasteiger partial charge in [-0.3, -0.25) is 4.79 Å². The van der Waals surface area contributed by atoms with Gasteiger partial charge >= 0.3 is 0 Å². The zero-order valence-electron chi connectivity index (χ0n) is 13.4. The number of phenolic OH excluding ortho intramolecular Hbond substituents is 1. The van der Waals surface area contributed by atoms with Crippen LogP contribution in [0.25, 0.3) is 0 Å². The maximum absolute atomic E-state index is 12.6. The molecule has 1 aliphatic rings. The second-order valence-electron chi connectivity index (χ2n) is 5.79. The van der Waals surface area contributed by atoms with Gasteiger partial charge in [0.25, 0.3) is 0 Å². The number of aromatic hydroxyl groups is 1. The highest BCUT2D eigenvalue weighted by Crippen LogP contribution is 2.26. The number of allylic oxidation sites excluding steroid dienone is 1. The van der Waals surface area contributed by atoms with E-state index in [2.05, 4.69) is 0 Å². The molecule has 1 aliphatic heterocycles. The Bertz CT molecular complexity index is 705. The van der Waals surface area contributed by atoms with E-state index in [1.54, 1.807) is 25.2 Å². The fourth-order valence-corrected chi connectivity index (χ4v) is 3.98. The van der Waals surface area contributed by atoms with Gasteiger partial charge in [-0.2, -0.15) is 4.31 Å². The van der Waals surface area contributed by atoms with E-state index in [-0.39, 0.29) is 16.2 Å². The van der Waals surface area contributed by atoms with Crippen LogP contribution in [0.2, 0.25) is 0 Å². The molecule has 0 radical (unpaired) electrons. The van der Waals surface area contributed by atoms with E-state index >= 15 is 0 Å². The van der Waals surface area contributed by atoms with Gasteiger partial charge in [0.15, 0.2) is 5.78 Å². The number of sulfonamides is 1. The summed E-state index contributed by atoms with van der Waals surface area (Å²) in [7, 11) is -0.101. The average molecular weight is 338 g/mol. The number of ketones is 1. The lowest BCUT2D eigenvalue weighted by molar-refractivity contribution is 0.104. The Morgan fingerprint density at radius 1 is 1.22 bits per heavy atom. The fourth-order valence-electron chi connectivity index (χ4n) is 2.43. The molecule has 0 saturated carbocycles. The largest absolute Gasteiger partial charge is 0.507 e. The summed E-state index contributed by atoms with van der Waals surface area (Å²) >= 11 is 0. The molecule has 1 heterocycles. The van der Waals surface area contributed by atoms with Gasteiger partial charge in [0, 0.05) is 39.5 Å². The van der Waals surface area contributed by atoms with Crippen molar-refractivity contribution in [3.63, 3.8) is 0 Å². The minimum Gasteiger partial charge on any atom is -0.507 e. The van der Waals surface area contributed by atoms with Crippen molar-refractivity contribution in [2.24, 2.45) is 0 Å². The predicted molar refractivity (Wildman–Crippen MR) is 87.9 cm³/mol. The Labute approximate surface area is 137 Å². The zero-order chi connectivity index (χ0) is 17.0. The maximum Gasteiger partial charge on any atom is 0.243 e. The number of carbonyl (C=O) groups excluding carboxylic acids is 1. The number of hydrogen-bond donors (Lipinski definition) is 1. The molecular weight excluding hydrogens is 316 g/mol. The van der Waals surface area contributed by atoms with E-state index in [4.69, 9.17) is 0 Å². The summed E-state index contributed by atoms with van der Waals surface area (Å²) in [5, 5.41) is 9.87. The van der Waals surface area contributed by atoms with Gasteiger partial charge in [-0.05, 0) is 31.0 Å². The SMILES string of the molecule is CN(C)/C=C/C(=O)c1cc(S(=O)(=O)N2CCCCC2)ccc1O. The molecule has 6 nitrogen and oxygen atoms in total.